The summed E-state index contributed by atoms with van der Waals surface area (Å²) in [5.41, 5.74) is 7.95. The van der Waals surface area contributed by atoms with E-state index in [4.69, 9.17) is 15.2 Å². The van der Waals surface area contributed by atoms with Gasteiger partial charge in [0.1, 0.15) is 18.4 Å². The zero-order valence-electron chi connectivity index (χ0n) is 15.4. The summed E-state index contributed by atoms with van der Waals surface area (Å²) in [6.07, 6.45) is 0.286. The van der Waals surface area contributed by atoms with E-state index in [1.165, 1.54) is 20.3 Å². The van der Waals surface area contributed by atoms with Gasteiger partial charge in [-0.2, -0.15) is 0 Å². The highest BCUT2D eigenvalue weighted by atomic mass is 16.6. The molecule has 1 unspecified atom stereocenters. The summed E-state index contributed by atoms with van der Waals surface area (Å²) in [6, 6.07) is 9.30. The number of nitro groups is 1. The van der Waals surface area contributed by atoms with Crippen LogP contribution in [0.4, 0.5) is 5.69 Å². The molecule has 0 heterocycles. The minimum atomic E-state index is -0.782. The van der Waals surface area contributed by atoms with E-state index >= 15 is 0 Å². The monoisotopic (exact) mass is 374 g/mol. The third-order valence-electron chi connectivity index (χ3n) is 4.00. The predicted octanol–water partition coefficient (Wildman–Crippen LogP) is 2.53. The number of nitrogens with zero attached hydrogens (tertiary/aromatic N) is 1. The maximum Gasteiger partial charge on any atom is 0.322 e. The van der Waals surface area contributed by atoms with Crippen molar-refractivity contribution in [2.24, 2.45) is 5.73 Å². The molecule has 0 bridgehead atoms. The van der Waals surface area contributed by atoms with E-state index in [0.717, 1.165) is 11.1 Å². The number of benzene rings is 2. The third kappa shape index (κ3) is 5.18. The van der Waals surface area contributed by atoms with Gasteiger partial charge in [-0.05, 0) is 42.7 Å². The van der Waals surface area contributed by atoms with Crippen LogP contribution in [0.2, 0.25) is 0 Å². The maximum absolute atomic E-state index is 11.5. The van der Waals surface area contributed by atoms with Crippen LogP contribution < -0.4 is 15.2 Å². The van der Waals surface area contributed by atoms with E-state index in [0.29, 0.717) is 11.3 Å². The lowest BCUT2D eigenvalue weighted by atomic mass is 10.0. The Morgan fingerprint density at radius 2 is 1.89 bits per heavy atom. The van der Waals surface area contributed by atoms with Crippen LogP contribution in [-0.4, -0.2) is 31.2 Å². The summed E-state index contributed by atoms with van der Waals surface area (Å²) in [7, 11) is 2.80. The molecule has 0 spiro atoms. The van der Waals surface area contributed by atoms with Crippen LogP contribution in [0, 0.1) is 17.0 Å². The number of nitrogens with two attached hydrogens (primary N) is 1. The van der Waals surface area contributed by atoms with E-state index in [1.807, 2.05) is 0 Å². The molecule has 0 aromatic heterocycles. The first-order chi connectivity index (χ1) is 12.8. The highest BCUT2D eigenvalue weighted by molar-refractivity contribution is 5.75. The molecule has 0 aliphatic heterocycles. The SMILES string of the molecule is COC(=O)C(N)Cc1ccc(OC)c(COc2ccc(C)cc2[N+](=O)[O-])c1. The van der Waals surface area contributed by atoms with E-state index < -0.39 is 16.9 Å². The van der Waals surface area contributed by atoms with E-state index in [2.05, 4.69) is 4.74 Å². The van der Waals surface area contributed by atoms with Gasteiger partial charge in [0, 0.05) is 11.6 Å². The topological polar surface area (TPSA) is 114 Å². The molecule has 0 amide bonds. The Hall–Kier alpha value is -3.13. The van der Waals surface area contributed by atoms with Gasteiger partial charge in [0.15, 0.2) is 5.75 Å². The molecule has 8 nitrogen and oxygen atoms in total. The molecule has 2 N–H and O–H groups in total. The smallest absolute Gasteiger partial charge is 0.322 e. The minimum absolute atomic E-state index is 0.0639. The van der Waals surface area contributed by atoms with Crippen LogP contribution >= 0.6 is 0 Å². The van der Waals surface area contributed by atoms with Crippen LogP contribution in [-0.2, 0) is 22.6 Å². The number of aryl methyl sites for hydroxylation is 1. The van der Waals surface area contributed by atoms with Gasteiger partial charge in [0.05, 0.1) is 19.1 Å². The van der Waals surface area contributed by atoms with Crippen molar-refractivity contribution in [3.63, 3.8) is 0 Å². The van der Waals surface area contributed by atoms with Crippen molar-refractivity contribution in [2.45, 2.75) is 26.0 Å². The number of ether oxygens (including phenoxy) is 3. The second-order valence-electron chi connectivity index (χ2n) is 6.00. The molecule has 0 fully saturated rings. The first-order valence-corrected chi connectivity index (χ1v) is 8.22. The number of methoxy groups -OCH3 is 2. The Morgan fingerprint density at radius 1 is 1.19 bits per heavy atom. The lowest BCUT2D eigenvalue weighted by Gasteiger charge is -2.14. The zero-order chi connectivity index (χ0) is 20.0. The fourth-order valence-corrected chi connectivity index (χ4v) is 2.61. The van der Waals surface area contributed by atoms with Gasteiger partial charge in [0.25, 0.3) is 0 Å². The average molecular weight is 374 g/mol. The largest absolute Gasteiger partial charge is 0.496 e. The molecular weight excluding hydrogens is 352 g/mol. The Morgan fingerprint density at radius 3 is 2.52 bits per heavy atom. The number of hydrogen-bond acceptors (Lipinski definition) is 7. The number of rotatable bonds is 8. The number of esters is 1. The highest BCUT2D eigenvalue weighted by Crippen LogP contribution is 2.30. The van der Waals surface area contributed by atoms with Crippen molar-refractivity contribution in [1.29, 1.82) is 0 Å². The van der Waals surface area contributed by atoms with Gasteiger partial charge < -0.3 is 19.9 Å². The second-order valence-corrected chi connectivity index (χ2v) is 6.00. The molecule has 0 aliphatic rings. The summed E-state index contributed by atoms with van der Waals surface area (Å²) in [6.45, 7) is 1.84. The standard InChI is InChI=1S/C19H22N2O6/c1-12-4-6-18(16(8-12)21(23)24)27-11-14-9-13(5-7-17(14)25-2)10-15(20)19(22)26-3/h4-9,15H,10-11,20H2,1-3H3. The summed E-state index contributed by atoms with van der Waals surface area (Å²) >= 11 is 0. The Kier molecular flexibility index (Phi) is 6.73. The van der Waals surface area contributed by atoms with Gasteiger partial charge in [-0.15, -0.1) is 0 Å². The molecule has 2 aromatic carbocycles. The Labute approximate surface area is 157 Å². The maximum atomic E-state index is 11.5. The summed E-state index contributed by atoms with van der Waals surface area (Å²) in [5, 5.41) is 11.2. The molecule has 27 heavy (non-hydrogen) atoms. The van der Waals surface area contributed by atoms with Gasteiger partial charge in [-0.3, -0.25) is 14.9 Å². The van der Waals surface area contributed by atoms with Gasteiger partial charge in [0.2, 0.25) is 0 Å². The number of carbonyl (C=O) groups excluding carboxylic acids is 1. The number of nitro benzene ring substituents is 1. The molecule has 0 aliphatic carbocycles. The Bertz CT molecular complexity index is 837. The van der Waals surface area contributed by atoms with Gasteiger partial charge in [-0.25, -0.2) is 0 Å². The fourth-order valence-electron chi connectivity index (χ4n) is 2.61. The molecule has 2 rings (SSSR count). The predicted molar refractivity (Wildman–Crippen MR) is 98.9 cm³/mol. The molecule has 1 atom stereocenters. The highest BCUT2D eigenvalue weighted by Gasteiger charge is 2.18. The zero-order valence-corrected chi connectivity index (χ0v) is 15.4. The molecule has 144 valence electrons. The van der Waals surface area contributed by atoms with Crippen LogP contribution in [0.5, 0.6) is 11.5 Å². The van der Waals surface area contributed by atoms with Gasteiger partial charge >= 0.3 is 11.7 Å². The van der Waals surface area contributed by atoms with Crippen molar-refractivity contribution in [1.82, 2.24) is 0 Å². The number of hydrogen-bond donors (Lipinski definition) is 1. The average Bonchev–Trinajstić information content (AvgIpc) is 2.66. The lowest BCUT2D eigenvalue weighted by molar-refractivity contribution is -0.386. The Balaban J connectivity index is 2.21. The fraction of sp³-hybridized carbons (Fsp3) is 0.316. The van der Waals surface area contributed by atoms with Crippen LogP contribution in [0.1, 0.15) is 16.7 Å². The normalized spacial score (nSPS) is 11.6. The van der Waals surface area contributed by atoms with Crippen LogP contribution in [0.25, 0.3) is 0 Å². The summed E-state index contributed by atoms with van der Waals surface area (Å²) in [4.78, 5) is 22.2. The van der Waals surface area contributed by atoms with Crippen molar-refractivity contribution < 1.29 is 23.9 Å². The quantitative estimate of drug-likeness (QED) is 0.429. The minimum Gasteiger partial charge on any atom is -0.496 e. The number of carbonyl (C=O) groups is 1. The summed E-state index contributed by atoms with van der Waals surface area (Å²) in [5.74, 6) is 0.239. The molecule has 0 saturated carbocycles. The summed E-state index contributed by atoms with van der Waals surface area (Å²) < 4.78 is 15.6. The second kappa shape index (κ2) is 9.00. The van der Waals surface area contributed by atoms with Crippen LogP contribution in [0.3, 0.4) is 0 Å². The molecule has 8 heteroatoms. The first kappa shape index (κ1) is 20.2. The van der Waals surface area contributed by atoms with E-state index in [1.54, 1.807) is 37.3 Å². The van der Waals surface area contributed by atoms with Crippen molar-refractivity contribution in [3.8, 4) is 11.5 Å². The van der Waals surface area contributed by atoms with Gasteiger partial charge in [-0.1, -0.05) is 12.1 Å². The third-order valence-corrected chi connectivity index (χ3v) is 4.00. The first-order valence-electron chi connectivity index (χ1n) is 8.22. The van der Waals surface area contributed by atoms with E-state index in [9.17, 15) is 14.9 Å². The molecular formula is C19H22N2O6. The molecule has 0 saturated heterocycles. The van der Waals surface area contributed by atoms with Crippen molar-refractivity contribution in [2.75, 3.05) is 14.2 Å². The van der Waals surface area contributed by atoms with Crippen molar-refractivity contribution in [3.05, 3.63) is 63.2 Å². The van der Waals surface area contributed by atoms with Crippen molar-refractivity contribution >= 4 is 11.7 Å². The van der Waals surface area contributed by atoms with Crippen LogP contribution in [0.15, 0.2) is 36.4 Å². The van der Waals surface area contributed by atoms with E-state index in [-0.39, 0.29) is 24.5 Å². The molecule has 2 aromatic rings. The molecule has 0 radical (unpaired) electrons. The lowest BCUT2D eigenvalue weighted by Crippen LogP contribution is -2.33.